The second-order valence-electron chi connectivity index (χ2n) is 3.90. The molecule has 0 aliphatic carbocycles. The molecule has 0 aliphatic rings. The zero-order valence-electron chi connectivity index (χ0n) is 10.0. The minimum atomic E-state index is -0.534. The van der Waals surface area contributed by atoms with Gasteiger partial charge >= 0.3 is 5.82 Å². The number of hydrogen-bond donors (Lipinski definition) is 2. The van der Waals surface area contributed by atoms with Crippen LogP contribution in [-0.2, 0) is 0 Å². The van der Waals surface area contributed by atoms with Crippen molar-refractivity contribution in [2.75, 3.05) is 11.9 Å². The first-order valence-corrected chi connectivity index (χ1v) is 5.57. The Kier molecular flexibility index (Phi) is 4.39. The molecule has 2 N–H and O–H groups in total. The molecule has 17 heavy (non-hydrogen) atoms. The lowest BCUT2D eigenvalue weighted by Gasteiger charge is -2.31. The van der Waals surface area contributed by atoms with Crippen LogP contribution in [0.2, 0.25) is 0 Å². The first-order valence-electron chi connectivity index (χ1n) is 5.57. The average Bonchev–Trinajstić information content (AvgIpc) is 2.36. The van der Waals surface area contributed by atoms with E-state index in [0.29, 0.717) is 18.5 Å². The maximum atomic E-state index is 10.8. The lowest BCUT2D eigenvalue weighted by molar-refractivity contribution is -0.388. The molecule has 1 aromatic rings. The molecule has 6 heteroatoms. The van der Waals surface area contributed by atoms with Gasteiger partial charge in [0, 0.05) is 0 Å². The molecule has 1 aromatic heterocycles. The minimum Gasteiger partial charge on any atom is -0.394 e. The number of hydrogen-bond acceptors (Lipinski definition) is 5. The molecule has 0 spiro atoms. The summed E-state index contributed by atoms with van der Waals surface area (Å²) in [5.74, 6) is -0.216. The molecule has 94 valence electrons. The van der Waals surface area contributed by atoms with E-state index >= 15 is 0 Å². The summed E-state index contributed by atoms with van der Waals surface area (Å²) in [4.78, 5) is 14.0. The summed E-state index contributed by atoms with van der Waals surface area (Å²) in [6.45, 7) is 3.77. The molecule has 0 amide bonds. The second-order valence-corrected chi connectivity index (χ2v) is 3.90. The molecule has 0 unspecified atom stereocenters. The molecule has 0 atom stereocenters. The van der Waals surface area contributed by atoms with E-state index < -0.39 is 10.5 Å². The van der Waals surface area contributed by atoms with E-state index in [1.807, 2.05) is 13.8 Å². The van der Waals surface area contributed by atoms with Crippen LogP contribution in [0.1, 0.15) is 26.7 Å². The number of nitrogens with one attached hydrogen (secondary N) is 1. The number of nitro groups is 1. The summed E-state index contributed by atoms with van der Waals surface area (Å²) in [6, 6.07) is 3.23. The Bertz CT molecular complexity index is 383. The SMILES string of the molecule is CCC(CC)(CO)Nc1cccnc1[N+](=O)[O-]. The summed E-state index contributed by atoms with van der Waals surface area (Å²) in [6.07, 6.45) is 2.72. The topological polar surface area (TPSA) is 88.3 Å². The summed E-state index contributed by atoms with van der Waals surface area (Å²) >= 11 is 0. The van der Waals surface area contributed by atoms with Crippen molar-refractivity contribution in [3.8, 4) is 0 Å². The van der Waals surface area contributed by atoms with Crippen LogP contribution in [0.5, 0.6) is 0 Å². The van der Waals surface area contributed by atoms with Crippen molar-refractivity contribution < 1.29 is 10.0 Å². The van der Waals surface area contributed by atoms with Crippen LogP contribution in [0.4, 0.5) is 11.5 Å². The van der Waals surface area contributed by atoms with Crippen LogP contribution in [0.3, 0.4) is 0 Å². The summed E-state index contributed by atoms with van der Waals surface area (Å²) in [7, 11) is 0. The highest BCUT2D eigenvalue weighted by Crippen LogP contribution is 2.27. The number of aliphatic hydroxyl groups excluding tert-OH is 1. The molecule has 6 nitrogen and oxygen atoms in total. The molecule has 0 fully saturated rings. The molecular formula is C11H17N3O3. The zero-order chi connectivity index (χ0) is 12.9. The monoisotopic (exact) mass is 239 g/mol. The first-order chi connectivity index (χ1) is 8.08. The largest absolute Gasteiger partial charge is 0.394 e. The van der Waals surface area contributed by atoms with E-state index in [0.717, 1.165) is 0 Å². The highest BCUT2D eigenvalue weighted by Gasteiger charge is 2.28. The van der Waals surface area contributed by atoms with Gasteiger partial charge in [-0.2, -0.15) is 0 Å². The van der Waals surface area contributed by atoms with Gasteiger partial charge in [-0.1, -0.05) is 13.8 Å². The Morgan fingerprint density at radius 2 is 2.18 bits per heavy atom. The van der Waals surface area contributed by atoms with E-state index in [1.165, 1.54) is 6.20 Å². The van der Waals surface area contributed by atoms with Crippen LogP contribution in [0.25, 0.3) is 0 Å². The van der Waals surface area contributed by atoms with E-state index in [2.05, 4.69) is 10.3 Å². The van der Waals surface area contributed by atoms with Crippen LogP contribution in [-0.4, -0.2) is 27.2 Å². The van der Waals surface area contributed by atoms with Crippen LogP contribution < -0.4 is 5.32 Å². The van der Waals surface area contributed by atoms with Crippen LogP contribution in [0, 0.1) is 10.1 Å². The van der Waals surface area contributed by atoms with Gasteiger partial charge < -0.3 is 20.5 Å². The molecule has 1 heterocycles. The fourth-order valence-corrected chi connectivity index (χ4v) is 1.62. The number of rotatable bonds is 6. The van der Waals surface area contributed by atoms with Crippen molar-refractivity contribution in [2.45, 2.75) is 32.2 Å². The van der Waals surface area contributed by atoms with Crippen LogP contribution >= 0.6 is 0 Å². The molecule has 1 rings (SSSR count). The van der Waals surface area contributed by atoms with Gasteiger partial charge in [-0.05, 0) is 34.9 Å². The van der Waals surface area contributed by atoms with E-state index in [-0.39, 0.29) is 12.4 Å². The quantitative estimate of drug-likeness (QED) is 0.585. The highest BCUT2D eigenvalue weighted by atomic mass is 16.6. The maximum Gasteiger partial charge on any atom is 0.386 e. The number of pyridine rings is 1. The fourth-order valence-electron chi connectivity index (χ4n) is 1.62. The van der Waals surface area contributed by atoms with E-state index in [9.17, 15) is 15.2 Å². The molecule has 0 aromatic carbocycles. The average molecular weight is 239 g/mol. The van der Waals surface area contributed by atoms with Gasteiger partial charge in [0.15, 0.2) is 0 Å². The number of aromatic nitrogens is 1. The van der Waals surface area contributed by atoms with Crippen molar-refractivity contribution in [2.24, 2.45) is 0 Å². The third-order valence-electron chi connectivity index (χ3n) is 3.02. The maximum absolute atomic E-state index is 10.8. The van der Waals surface area contributed by atoms with Gasteiger partial charge in [0.25, 0.3) is 0 Å². The predicted octanol–water partition coefficient (Wildman–Crippen LogP) is 1.95. The molecule has 0 saturated heterocycles. The first kappa shape index (κ1) is 13.4. The number of nitrogens with zero attached hydrogens (tertiary/aromatic N) is 2. The van der Waals surface area contributed by atoms with Gasteiger partial charge in [0.05, 0.1) is 12.1 Å². The minimum absolute atomic E-state index is 0.0773. The van der Waals surface area contributed by atoms with E-state index in [1.54, 1.807) is 12.1 Å². The van der Waals surface area contributed by atoms with Crippen molar-refractivity contribution in [3.63, 3.8) is 0 Å². The predicted molar refractivity (Wildman–Crippen MR) is 64.9 cm³/mol. The van der Waals surface area contributed by atoms with Gasteiger partial charge in [-0.25, -0.2) is 0 Å². The third-order valence-corrected chi connectivity index (χ3v) is 3.02. The number of aliphatic hydroxyl groups is 1. The molecule has 0 saturated carbocycles. The number of anilines is 1. The standard InChI is InChI=1S/C11H17N3O3/c1-3-11(4-2,8-15)13-9-6-5-7-12-10(9)14(16)17/h5-7,13,15H,3-4,8H2,1-2H3. The van der Waals surface area contributed by atoms with Gasteiger partial charge in [-0.15, -0.1) is 0 Å². The van der Waals surface area contributed by atoms with Crippen molar-refractivity contribution in [1.82, 2.24) is 4.98 Å². The molecule has 0 aliphatic heterocycles. The molecule has 0 radical (unpaired) electrons. The normalized spacial score (nSPS) is 11.2. The molecule has 0 bridgehead atoms. The third kappa shape index (κ3) is 2.91. The van der Waals surface area contributed by atoms with Crippen molar-refractivity contribution in [3.05, 3.63) is 28.4 Å². The fraction of sp³-hybridized carbons (Fsp3) is 0.545. The summed E-state index contributed by atoms with van der Waals surface area (Å²) in [5, 5.41) is 23.3. The Morgan fingerprint density at radius 3 is 2.65 bits per heavy atom. The Morgan fingerprint density at radius 1 is 1.53 bits per heavy atom. The zero-order valence-corrected chi connectivity index (χ0v) is 10.0. The Labute approximate surface area is 99.8 Å². The van der Waals surface area contributed by atoms with Crippen LogP contribution in [0.15, 0.2) is 18.3 Å². The highest BCUT2D eigenvalue weighted by molar-refractivity contribution is 5.58. The smallest absolute Gasteiger partial charge is 0.386 e. The van der Waals surface area contributed by atoms with E-state index in [4.69, 9.17) is 0 Å². The Balaban J connectivity index is 3.05. The van der Waals surface area contributed by atoms with Gasteiger partial charge in [-0.3, -0.25) is 0 Å². The summed E-state index contributed by atoms with van der Waals surface area (Å²) in [5.41, 5.74) is -0.191. The molecular weight excluding hydrogens is 222 g/mol. The summed E-state index contributed by atoms with van der Waals surface area (Å²) < 4.78 is 0. The van der Waals surface area contributed by atoms with Crippen molar-refractivity contribution in [1.29, 1.82) is 0 Å². The second kappa shape index (κ2) is 5.58. The van der Waals surface area contributed by atoms with Crippen molar-refractivity contribution >= 4 is 11.5 Å². The van der Waals surface area contributed by atoms with Gasteiger partial charge in [0.1, 0.15) is 11.9 Å². The Hall–Kier alpha value is -1.69. The lowest BCUT2D eigenvalue weighted by Crippen LogP contribution is -2.41. The van der Waals surface area contributed by atoms with Gasteiger partial charge in [0.2, 0.25) is 0 Å². The lowest BCUT2D eigenvalue weighted by atomic mass is 9.93.